The molecule has 3 nitrogen and oxygen atoms in total. The number of rotatable bonds is 4. The zero-order valence-corrected chi connectivity index (χ0v) is 10.6. The summed E-state index contributed by atoms with van der Waals surface area (Å²) in [5.74, 6) is 0.689. The van der Waals surface area contributed by atoms with Crippen LogP contribution in [0.4, 0.5) is 0 Å². The van der Waals surface area contributed by atoms with Crippen molar-refractivity contribution in [3.05, 3.63) is 29.6 Å². The lowest BCUT2D eigenvalue weighted by molar-refractivity contribution is 0.0930. The standard InChI is InChI=1S/C12H17ClN2O/c1-8(6-13)10(3)15-12(16)11-5-4-9(2)14-7-11/h4-5,7-8,10H,6H2,1-3H3,(H,15,16). The number of nitrogens with one attached hydrogen (secondary N) is 1. The van der Waals surface area contributed by atoms with Gasteiger partial charge in [0, 0.05) is 23.8 Å². The van der Waals surface area contributed by atoms with Crippen LogP contribution in [0.2, 0.25) is 0 Å². The van der Waals surface area contributed by atoms with E-state index in [1.807, 2.05) is 26.8 Å². The number of hydrogen-bond donors (Lipinski definition) is 1. The first-order valence-electron chi connectivity index (χ1n) is 5.34. The summed E-state index contributed by atoms with van der Waals surface area (Å²) in [6, 6.07) is 3.66. The third-order valence-electron chi connectivity index (χ3n) is 2.63. The summed E-state index contributed by atoms with van der Waals surface area (Å²) in [5, 5.41) is 2.90. The number of hydrogen-bond acceptors (Lipinski definition) is 2. The van der Waals surface area contributed by atoms with Crippen molar-refractivity contribution in [1.82, 2.24) is 10.3 Å². The van der Waals surface area contributed by atoms with Gasteiger partial charge < -0.3 is 5.32 Å². The van der Waals surface area contributed by atoms with Crippen molar-refractivity contribution in [2.75, 3.05) is 5.88 Å². The van der Waals surface area contributed by atoms with Gasteiger partial charge in [0.1, 0.15) is 0 Å². The topological polar surface area (TPSA) is 42.0 Å². The van der Waals surface area contributed by atoms with Gasteiger partial charge in [0.25, 0.3) is 5.91 Å². The van der Waals surface area contributed by atoms with Crippen LogP contribution in [0, 0.1) is 12.8 Å². The van der Waals surface area contributed by atoms with E-state index in [4.69, 9.17) is 11.6 Å². The Bertz CT molecular complexity index is 351. The second kappa shape index (κ2) is 5.85. The molecule has 1 heterocycles. The maximum atomic E-state index is 11.8. The molecule has 1 amide bonds. The van der Waals surface area contributed by atoms with Gasteiger partial charge in [0.15, 0.2) is 0 Å². The molecule has 0 fully saturated rings. The molecule has 0 aliphatic heterocycles. The van der Waals surface area contributed by atoms with Crippen molar-refractivity contribution in [3.63, 3.8) is 0 Å². The van der Waals surface area contributed by atoms with Crippen LogP contribution in [-0.2, 0) is 0 Å². The van der Waals surface area contributed by atoms with E-state index < -0.39 is 0 Å². The van der Waals surface area contributed by atoms with Gasteiger partial charge in [0.2, 0.25) is 0 Å². The number of carbonyl (C=O) groups is 1. The van der Waals surface area contributed by atoms with E-state index in [1.165, 1.54) is 0 Å². The molecule has 4 heteroatoms. The van der Waals surface area contributed by atoms with Crippen molar-refractivity contribution >= 4 is 17.5 Å². The molecule has 2 unspecified atom stereocenters. The van der Waals surface area contributed by atoms with E-state index >= 15 is 0 Å². The number of aromatic nitrogens is 1. The molecule has 0 saturated heterocycles. The van der Waals surface area contributed by atoms with Gasteiger partial charge in [0.05, 0.1) is 5.56 Å². The zero-order valence-electron chi connectivity index (χ0n) is 9.83. The summed E-state index contributed by atoms with van der Waals surface area (Å²) >= 11 is 5.73. The Hall–Kier alpha value is -1.09. The van der Waals surface area contributed by atoms with Crippen LogP contribution >= 0.6 is 11.6 Å². The van der Waals surface area contributed by atoms with Gasteiger partial charge in [-0.2, -0.15) is 0 Å². The fraction of sp³-hybridized carbons (Fsp3) is 0.500. The van der Waals surface area contributed by atoms with Crippen LogP contribution in [0.25, 0.3) is 0 Å². The number of nitrogens with zero attached hydrogens (tertiary/aromatic N) is 1. The number of halogens is 1. The van der Waals surface area contributed by atoms with Crippen LogP contribution < -0.4 is 5.32 Å². The van der Waals surface area contributed by atoms with E-state index in [2.05, 4.69) is 10.3 Å². The van der Waals surface area contributed by atoms with E-state index in [0.717, 1.165) is 5.69 Å². The molecule has 16 heavy (non-hydrogen) atoms. The Morgan fingerprint density at radius 1 is 1.50 bits per heavy atom. The van der Waals surface area contributed by atoms with Crippen molar-refractivity contribution in [2.24, 2.45) is 5.92 Å². The third kappa shape index (κ3) is 3.49. The maximum Gasteiger partial charge on any atom is 0.253 e. The summed E-state index contributed by atoms with van der Waals surface area (Å²) in [4.78, 5) is 15.9. The molecule has 88 valence electrons. The highest BCUT2D eigenvalue weighted by Crippen LogP contribution is 2.06. The van der Waals surface area contributed by atoms with Crippen molar-refractivity contribution in [2.45, 2.75) is 26.8 Å². The molecule has 1 N–H and O–H groups in total. The maximum absolute atomic E-state index is 11.8. The first kappa shape index (κ1) is 13.0. The second-order valence-electron chi connectivity index (χ2n) is 4.08. The van der Waals surface area contributed by atoms with Crippen LogP contribution in [0.1, 0.15) is 29.9 Å². The molecule has 0 spiro atoms. The molecule has 1 aromatic heterocycles. The molecule has 0 aromatic carbocycles. The quantitative estimate of drug-likeness (QED) is 0.822. The summed E-state index contributed by atoms with van der Waals surface area (Å²) in [6.07, 6.45) is 1.59. The fourth-order valence-electron chi connectivity index (χ4n) is 1.17. The second-order valence-corrected chi connectivity index (χ2v) is 4.39. The smallest absolute Gasteiger partial charge is 0.253 e. The zero-order chi connectivity index (χ0) is 12.1. The van der Waals surface area contributed by atoms with E-state index in [1.54, 1.807) is 12.3 Å². The molecule has 2 atom stereocenters. The summed E-state index contributed by atoms with van der Waals surface area (Å²) in [5.41, 5.74) is 1.48. The molecule has 1 rings (SSSR count). The van der Waals surface area contributed by atoms with Gasteiger partial charge in [-0.3, -0.25) is 9.78 Å². The SMILES string of the molecule is Cc1ccc(C(=O)NC(C)C(C)CCl)cn1. The van der Waals surface area contributed by atoms with Crippen molar-refractivity contribution in [3.8, 4) is 0 Å². The van der Waals surface area contributed by atoms with E-state index in [0.29, 0.717) is 11.4 Å². The minimum Gasteiger partial charge on any atom is -0.349 e. The number of pyridine rings is 1. The predicted molar refractivity (Wildman–Crippen MR) is 65.8 cm³/mol. The monoisotopic (exact) mass is 240 g/mol. The molecule has 0 radical (unpaired) electrons. The highest BCUT2D eigenvalue weighted by atomic mass is 35.5. The third-order valence-corrected chi connectivity index (χ3v) is 3.12. The summed E-state index contributed by atoms with van der Waals surface area (Å²) < 4.78 is 0. The number of alkyl halides is 1. The molecular weight excluding hydrogens is 224 g/mol. The van der Waals surface area contributed by atoms with Crippen LogP contribution in [0.3, 0.4) is 0 Å². The molecule has 0 bridgehead atoms. The summed E-state index contributed by atoms with van der Waals surface area (Å²) in [7, 11) is 0. The van der Waals surface area contributed by atoms with Crippen molar-refractivity contribution in [1.29, 1.82) is 0 Å². The fourth-order valence-corrected chi connectivity index (χ4v) is 1.44. The van der Waals surface area contributed by atoms with Crippen LogP contribution in [0.15, 0.2) is 18.3 Å². The highest BCUT2D eigenvalue weighted by Gasteiger charge is 2.14. The lowest BCUT2D eigenvalue weighted by atomic mass is 10.1. The minimum atomic E-state index is -0.100. The molecule has 1 aromatic rings. The first-order chi connectivity index (χ1) is 7.54. The largest absolute Gasteiger partial charge is 0.349 e. The Labute approximate surface area is 101 Å². The van der Waals surface area contributed by atoms with Crippen molar-refractivity contribution < 1.29 is 4.79 Å². The highest BCUT2D eigenvalue weighted by molar-refractivity contribution is 6.18. The molecule has 0 saturated carbocycles. The van der Waals surface area contributed by atoms with Crippen LogP contribution in [-0.4, -0.2) is 22.8 Å². The molecule has 0 aliphatic rings. The number of carbonyl (C=O) groups excluding carboxylic acids is 1. The normalized spacial score (nSPS) is 14.2. The summed E-state index contributed by atoms with van der Waals surface area (Å²) in [6.45, 7) is 5.85. The van der Waals surface area contributed by atoms with E-state index in [9.17, 15) is 4.79 Å². The molecular formula is C12H17ClN2O. The Kier molecular flexibility index (Phi) is 4.74. The lowest BCUT2D eigenvalue weighted by Crippen LogP contribution is -2.37. The lowest BCUT2D eigenvalue weighted by Gasteiger charge is -2.18. The Morgan fingerprint density at radius 3 is 2.69 bits per heavy atom. The van der Waals surface area contributed by atoms with Gasteiger partial charge in [-0.25, -0.2) is 0 Å². The Balaban J connectivity index is 2.62. The van der Waals surface area contributed by atoms with E-state index in [-0.39, 0.29) is 17.9 Å². The average molecular weight is 241 g/mol. The molecule has 0 aliphatic carbocycles. The first-order valence-corrected chi connectivity index (χ1v) is 5.87. The van der Waals surface area contributed by atoms with Crippen LogP contribution in [0.5, 0.6) is 0 Å². The Morgan fingerprint density at radius 2 is 2.19 bits per heavy atom. The van der Waals surface area contributed by atoms with Gasteiger partial charge in [-0.05, 0) is 31.9 Å². The van der Waals surface area contributed by atoms with Gasteiger partial charge >= 0.3 is 0 Å². The minimum absolute atomic E-state index is 0.0614. The van der Waals surface area contributed by atoms with Gasteiger partial charge in [-0.15, -0.1) is 11.6 Å². The number of amides is 1. The average Bonchev–Trinajstić information content (AvgIpc) is 2.28. The number of aryl methyl sites for hydroxylation is 1. The predicted octanol–water partition coefficient (Wildman–Crippen LogP) is 2.38. The van der Waals surface area contributed by atoms with Gasteiger partial charge in [-0.1, -0.05) is 6.92 Å².